The maximum absolute atomic E-state index is 13.5. The third-order valence-corrected chi connectivity index (χ3v) is 6.03. The van der Waals surface area contributed by atoms with Gasteiger partial charge in [-0.3, -0.25) is 19.2 Å². The molecule has 4 N–H and O–H groups in total. The van der Waals surface area contributed by atoms with Crippen LogP contribution in [0.1, 0.15) is 24.0 Å². The van der Waals surface area contributed by atoms with Gasteiger partial charge in [0.1, 0.15) is 18.3 Å². The molecule has 4 atom stereocenters. The standard InChI is InChI=1S/C21H28N6O9/c1-10-11(6-5-7-13(36-34-4)24-21(32)33-3)27-18(31)14-17(25(2)20(27)23-10)26(9-22-14)19-16(30)15(29)12(8-28)35-19/h7,9,12,15-16,19,28-30H,5-6,8H2,1-4H3,(H,24,32)/b13-7-/t12-,15+,16?,19-/m1/s1. The smallest absolute Gasteiger partial charge is 0.413 e. The number of carbonyl (C=O) groups is 1. The zero-order chi connectivity index (χ0) is 26.1. The fourth-order valence-corrected chi connectivity index (χ4v) is 4.30. The minimum atomic E-state index is -1.34. The third kappa shape index (κ3) is 4.31. The van der Waals surface area contributed by atoms with Crippen molar-refractivity contribution < 1.29 is 39.4 Å². The van der Waals surface area contributed by atoms with Crippen LogP contribution in [0.2, 0.25) is 0 Å². The monoisotopic (exact) mass is 508 g/mol. The van der Waals surface area contributed by atoms with E-state index in [1.807, 2.05) is 0 Å². The number of methoxy groups -OCH3 is 1. The summed E-state index contributed by atoms with van der Waals surface area (Å²) >= 11 is 0. The van der Waals surface area contributed by atoms with Gasteiger partial charge in [-0.2, -0.15) is 4.89 Å². The molecule has 1 aliphatic heterocycles. The summed E-state index contributed by atoms with van der Waals surface area (Å²) in [5.74, 6) is 0.363. The lowest BCUT2D eigenvalue weighted by Gasteiger charge is -2.18. The minimum absolute atomic E-state index is 0.0309. The van der Waals surface area contributed by atoms with Gasteiger partial charge in [0, 0.05) is 7.05 Å². The van der Waals surface area contributed by atoms with Crippen LogP contribution < -0.4 is 10.9 Å². The summed E-state index contributed by atoms with van der Waals surface area (Å²) in [7, 11) is 4.19. The lowest BCUT2D eigenvalue weighted by atomic mass is 10.1. The molecule has 0 bridgehead atoms. The average Bonchev–Trinajstić information content (AvgIpc) is 3.52. The minimum Gasteiger partial charge on any atom is -0.453 e. The maximum Gasteiger partial charge on any atom is 0.413 e. The van der Waals surface area contributed by atoms with Crippen LogP contribution in [0, 0.1) is 6.92 Å². The van der Waals surface area contributed by atoms with Crippen molar-refractivity contribution in [2.45, 2.75) is 44.3 Å². The number of ether oxygens (including phenoxy) is 2. The zero-order valence-electron chi connectivity index (χ0n) is 20.1. The zero-order valence-corrected chi connectivity index (χ0v) is 20.1. The number of alkyl carbamates (subject to hydrolysis) is 1. The number of hydrogen-bond donors (Lipinski definition) is 4. The van der Waals surface area contributed by atoms with Crippen molar-refractivity contribution in [3.05, 3.63) is 40.0 Å². The van der Waals surface area contributed by atoms with Gasteiger partial charge in [-0.1, -0.05) is 0 Å². The quantitative estimate of drug-likeness (QED) is 0.166. The molecule has 0 aliphatic carbocycles. The molecule has 1 amide bonds. The van der Waals surface area contributed by atoms with Crippen molar-refractivity contribution in [2.75, 3.05) is 20.8 Å². The van der Waals surface area contributed by atoms with Gasteiger partial charge in [-0.25, -0.2) is 19.2 Å². The van der Waals surface area contributed by atoms with Crippen LogP contribution in [0.3, 0.4) is 0 Å². The summed E-state index contributed by atoms with van der Waals surface area (Å²) in [5, 5.41) is 32.4. The molecule has 0 aromatic carbocycles. The molecule has 0 saturated carbocycles. The van der Waals surface area contributed by atoms with Gasteiger partial charge in [0.15, 0.2) is 17.4 Å². The van der Waals surface area contributed by atoms with E-state index in [4.69, 9.17) is 9.62 Å². The van der Waals surface area contributed by atoms with E-state index in [2.05, 4.69) is 24.9 Å². The molecule has 4 rings (SSSR count). The Balaban J connectivity index is 1.72. The summed E-state index contributed by atoms with van der Waals surface area (Å²) in [4.78, 5) is 43.3. The Morgan fingerprint density at radius 1 is 1.31 bits per heavy atom. The van der Waals surface area contributed by atoms with Gasteiger partial charge in [0.25, 0.3) is 5.56 Å². The second-order valence-corrected chi connectivity index (χ2v) is 8.17. The Bertz CT molecular complexity index is 1360. The van der Waals surface area contributed by atoms with Gasteiger partial charge in [-0.15, -0.1) is 0 Å². The van der Waals surface area contributed by atoms with E-state index in [0.717, 1.165) is 0 Å². The van der Waals surface area contributed by atoms with Gasteiger partial charge in [-0.05, 0) is 25.8 Å². The Hall–Kier alpha value is -3.50. The number of hydrogen-bond acceptors (Lipinski definition) is 11. The van der Waals surface area contributed by atoms with Crippen molar-refractivity contribution in [1.82, 2.24) is 28.8 Å². The van der Waals surface area contributed by atoms with E-state index in [-0.39, 0.29) is 11.4 Å². The van der Waals surface area contributed by atoms with Crippen molar-refractivity contribution >= 4 is 23.0 Å². The van der Waals surface area contributed by atoms with Gasteiger partial charge in [0.2, 0.25) is 11.7 Å². The van der Waals surface area contributed by atoms with Crippen LogP contribution in [-0.4, -0.2) is 84.1 Å². The molecule has 1 unspecified atom stereocenters. The Kier molecular flexibility index (Phi) is 7.28. The maximum atomic E-state index is 13.5. The summed E-state index contributed by atoms with van der Waals surface area (Å²) in [6.45, 7) is 1.29. The number of rotatable bonds is 8. The van der Waals surface area contributed by atoms with E-state index < -0.39 is 42.8 Å². The highest BCUT2D eigenvalue weighted by Crippen LogP contribution is 2.31. The lowest BCUT2D eigenvalue weighted by Crippen LogP contribution is -2.33. The van der Waals surface area contributed by atoms with Crippen molar-refractivity contribution in [2.24, 2.45) is 7.05 Å². The third-order valence-electron chi connectivity index (χ3n) is 6.03. The first-order valence-electron chi connectivity index (χ1n) is 11.0. The topological polar surface area (TPSA) is 184 Å². The predicted octanol–water partition coefficient (Wildman–Crippen LogP) is -0.989. The second kappa shape index (κ2) is 10.2. The fraction of sp³-hybridized carbons (Fsp3) is 0.524. The first-order chi connectivity index (χ1) is 17.2. The SMILES string of the molecule is COO/C(=C\CCc1c(C)nc2n(C)c3c(ncn3[C@@H]3O[C@H](CO)[C@H](O)C3O)c(=O)n12)NC(=O)OC. The van der Waals surface area contributed by atoms with E-state index in [1.165, 1.54) is 29.5 Å². The number of aromatic nitrogens is 5. The molecule has 15 nitrogen and oxygen atoms in total. The lowest BCUT2D eigenvalue weighted by molar-refractivity contribution is -0.241. The van der Waals surface area contributed by atoms with Gasteiger partial charge in [0.05, 0.1) is 38.5 Å². The summed E-state index contributed by atoms with van der Waals surface area (Å²) in [6.07, 6.45) is -1.77. The predicted molar refractivity (Wildman–Crippen MR) is 122 cm³/mol. The Morgan fingerprint density at radius 3 is 2.69 bits per heavy atom. The number of aliphatic hydroxyl groups is 3. The molecular weight excluding hydrogens is 480 g/mol. The molecular formula is C21H28N6O9. The summed E-state index contributed by atoms with van der Waals surface area (Å²) in [5.41, 5.74) is 1.24. The number of carbonyl (C=O) groups excluding carboxylic acids is 1. The number of allylic oxidation sites excluding steroid dienone is 1. The van der Waals surface area contributed by atoms with Gasteiger partial charge < -0.3 is 29.7 Å². The van der Waals surface area contributed by atoms with E-state index in [9.17, 15) is 24.9 Å². The van der Waals surface area contributed by atoms with Crippen LogP contribution >= 0.6 is 0 Å². The number of imidazole rings is 2. The van der Waals surface area contributed by atoms with Crippen molar-refractivity contribution in [3.8, 4) is 0 Å². The van der Waals surface area contributed by atoms with Crippen molar-refractivity contribution in [1.29, 1.82) is 0 Å². The molecule has 0 spiro atoms. The number of nitrogens with one attached hydrogen (secondary N) is 1. The first-order valence-corrected chi connectivity index (χ1v) is 11.0. The van der Waals surface area contributed by atoms with E-state index in [1.54, 1.807) is 24.6 Å². The highest BCUT2D eigenvalue weighted by Gasteiger charge is 2.44. The van der Waals surface area contributed by atoms with Crippen molar-refractivity contribution in [3.63, 3.8) is 0 Å². The molecule has 36 heavy (non-hydrogen) atoms. The van der Waals surface area contributed by atoms with Gasteiger partial charge >= 0.3 is 6.09 Å². The fourth-order valence-electron chi connectivity index (χ4n) is 4.30. The second-order valence-electron chi connectivity index (χ2n) is 8.17. The Labute approximate surface area is 204 Å². The van der Waals surface area contributed by atoms with Crippen LogP contribution in [0.25, 0.3) is 16.9 Å². The van der Waals surface area contributed by atoms with Crippen LogP contribution in [0.15, 0.2) is 23.1 Å². The molecule has 3 aromatic rings. The number of amides is 1. The highest BCUT2D eigenvalue weighted by atomic mass is 17.2. The molecule has 4 heterocycles. The molecule has 1 saturated heterocycles. The first kappa shape index (κ1) is 25.6. The number of nitrogens with zero attached hydrogens (tertiary/aromatic N) is 5. The largest absolute Gasteiger partial charge is 0.453 e. The van der Waals surface area contributed by atoms with E-state index in [0.29, 0.717) is 35.7 Å². The molecule has 3 aromatic heterocycles. The molecule has 1 aliphatic rings. The van der Waals surface area contributed by atoms with Crippen LogP contribution in [-0.2, 0) is 32.7 Å². The summed E-state index contributed by atoms with van der Waals surface area (Å²) in [6, 6.07) is 0. The number of fused-ring (bicyclic) bond motifs is 2. The van der Waals surface area contributed by atoms with Crippen LogP contribution in [0.5, 0.6) is 0 Å². The molecule has 15 heteroatoms. The summed E-state index contributed by atoms with van der Waals surface area (Å²) < 4.78 is 14.7. The molecule has 1 fully saturated rings. The molecule has 196 valence electrons. The van der Waals surface area contributed by atoms with E-state index >= 15 is 0 Å². The normalized spacial score (nSPS) is 22.5. The number of aryl methyl sites for hydroxylation is 3. The molecule has 0 radical (unpaired) electrons. The number of aliphatic hydroxyl groups excluding tert-OH is 3. The Morgan fingerprint density at radius 2 is 2.06 bits per heavy atom. The highest BCUT2D eigenvalue weighted by molar-refractivity contribution is 5.73. The van der Waals surface area contributed by atoms with Crippen LogP contribution in [0.4, 0.5) is 4.79 Å². The average molecular weight is 508 g/mol.